The van der Waals surface area contributed by atoms with Crippen molar-refractivity contribution in [1.29, 1.82) is 0 Å². The Morgan fingerprint density at radius 2 is 1.67 bits per heavy atom. The van der Waals surface area contributed by atoms with Gasteiger partial charge < -0.3 is 10.5 Å². The highest BCUT2D eigenvalue weighted by Gasteiger charge is 2.33. The van der Waals surface area contributed by atoms with E-state index in [0.29, 0.717) is 22.4 Å². The largest absolute Gasteiger partial charge is 0.496 e. The standard InChI is InChI=1S/C15H13F4NO/c1-21-14-5-3-9(6-11(14)8-20)10-2-4-12(13(16)7-10)15(17,18)19/h2-7H,8,20H2,1H3. The first-order chi connectivity index (χ1) is 9.86. The van der Waals surface area contributed by atoms with E-state index in [1.54, 1.807) is 18.2 Å². The van der Waals surface area contributed by atoms with E-state index in [2.05, 4.69) is 0 Å². The van der Waals surface area contributed by atoms with Crippen molar-refractivity contribution in [3.05, 3.63) is 53.3 Å². The highest BCUT2D eigenvalue weighted by molar-refractivity contribution is 5.66. The van der Waals surface area contributed by atoms with E-state index in [9.17, 15) is 17.6 Å². The van der Waals surface area contributed by atoms with Crippen molar-refractivity contribution in [2.24, 2.45) is 5.73 Å². The molecule has 112 valence electrons. The second-order valence-corrected chi connectivity index (χ2v) is 4.42. The number of hydrogen-bond acceptors (Lipinski definition) is 2. The van der Waals surface area contributed by atoms with Crippen molar-refractivity contribution in [3.63, 3.8) is 0 Å². The summed E-state index contributed by atoms with van der Waals surface area (Å²) in [6, 6.07) is 7.78. The van der Waals surface area contributed by atoms with Gasteiger partial charge in [0.1, 0.15) is 11.6 Å². The quantitative estimate of drug-likeness (QED) is 0.870. The van der Waals surface area contributed by atoms with Crippen LogP contribution in [0.15, 0.2) is 36.4 Å². The topological polar surface area (TPSA) is 35.2 Å². The van der Waals surface area contributed by atoms with Crippen LogP contribution in [0.1, 0.15) is 11.1 Å². The zero-order valence-corrected chi connectivity index (χ0v) is 11.2. The van der Waals surface area contributed by atoms with Crippen LogP contribution < -0.4 is 10.5 Å². The number of alkyl halides is 3. The normalized spacial score (nSPS) is 11.5. The molecule has 0 aliphatic rings. The Bertz CT molecular complexity index is 653. The number of benzene rings is 2. The molecule has 0 spiro atoms. The molecule has 0 fully saturated rings. The van der Waals surface area contributed by atoms with E-state index in [0.717, 1.165) is 12.1 Å². The Labute approximate surface area is 119 Å². The summed E-state index contributed by atoms with van der Waals surface area (Å²) < 4.78 is 56.3. The number of halogens is 4. The van der Waals surface area contributed by atoms with Gasteiger partial charge in [-0.1, -0.05) is 12.1 Å². The average Bonchev–Trinajstić information content (AvgIpc) is 2.45. The van der Waals surface area contributed by atoms with Gasteiger partial charge in [-0.15, -0.1) is 0 Å². The minimum Gasteiger partial charge on any atom is -0.496 e. The summed E-state index contributed by atoms with van der Waals surface area (Å²) in [6.07, 6.45) is -4.70. The van der Waals surface area contributed by atoms with Gasteiger partial charge >= 0.3 is 6.18 Å². The molecule has 21 heavy (non-hydrogen) atoms. The average molecular weight is 299 g/mol. The van der Waals surface area contributed by atoms with E-state index < -0.39 is 17.6 Å². The Hall–Kier alpha value is -2.08. The van der Waals surface area contributed by atoms with Gasteiger partial charge in [-0.3, -0.25) is 0 Å². The third kappa shape index (κ3) is 3.16. The number of methoxy groups -OCH3 is 1. The number of rotatable bonds is 3. The SMILES string of the molecule is COc1ccc(-c2ccc(C(F)(F)F)c(F)c2)cc1CN. The second-order valence-electron chi connectivity index (χ2n) is 4.42. The minimum absolute atomic E-state index is 0.208. The molecule has 2 aromatic carbocycles. The molecule has 2 aromatic rings. The number of hydrogen-bond donors (Lipinski definition) is 1. The molecule has 0 saturated carbocycles. The summed E-state index contributed by atoms with van der Waals surface area (Å²) in [5.41, 5.74) is 5.91. The van der Waals surface area contributed by atoms with Gasteiger partial charge in [0.25, 0.3) is 0 Å². The summed E-state index contributed by atoms with van der Waals surface area (Å²) in [7, 11) is 1.49. The lowest BCUT2D eigenvalue weighted by atomic mass is 10.0. The number of nitrogens with two attached hydrogens (primary N) is 1. The minimum atomic E-state index is -4.70. The maximum atomic E-state index is 13.6. The first kappa shape index (κ1) is 15.3. The van der Waals surface area contributed by atoms with Crippen LogP contribution >= 0.6 is 0 Å². The molecule has 0 atom stereocenters. The van der Waals surface area contributed by atoms with Crippen LogP contribution in [0.4, 0.5) is 17.6 Å². The summed E-state index contributed by atoms with van der Waals surface area (Å²) in [5.74, 6) is -0.723. The first-order valence-corrected chi connectivity index (χ1v) is 6.11. The molecule has 0 aromatic heterocycles. The zero-order chi connectivity index (χ0) is 15.6. The fraction of sp³-hybridized carbons (Fsp3) is 0.200. The molecule has 0 radical (unpaired) electrons. The van der Waals surface area contributed by atoms with E-state index in [-0.39, 0.29) is 6.54 Å². The Balaban J connectivity index is 2.46. The van der Waals surface area contributed by atoms with Crippen molar-refractivity contribution in [2.75, 3.05) is 7.11 Å². The third-order valence-corrected chi connectivity index (χ3v) is 3.11. The second kappa shape index (κ2) is 5.73. The lowest BCUT2D eigenvalue weighted by Gasteiger charge is -2.12. The molecule has 0 amide bonds. The van der Waals surface area contributed by atoms with Gasteiger partial charge in [-0.25, -0.2) is 4.39 Å². The predicted molar refractivity (Wildman–Crippen MR) is 71.3 cm³/mol. The van der Waals surface area contributed by atoms with Gasteiger partial charge in [0.15, 0.2) is 0 Å². The third-order valence-electron chi connectivity index (χ3n) is 3.11. The Morgan fingerprint density at radius 1 is 1.05 bits per heavy atom. The van der Waals surface area contributed by atoms with Crippen molar-refractivity contribution in [2.45, 2.75) is 12.7 Å². The molecular formula is C15H13F4NO. The van der Waals surface area contributed by atoms with E-state index >= 15 is 0 Å². The molecule has 0 unspecified atom stereocenters. The van der Waals surface area contributed by atoms with Crippen molar-refractivity contribution in [1.82, 2.24) is 0 Å². The molecule has 0 aliphatic heterocycles. The van der Waals surface area contributed by atoms with Gasteiger partial charge in [0, 0.05) is 12.1 Å². The van der Waals surface area contributed by atoms with Crippen LogP contribution in [-0.2, 0) is 12.7 Å². The zero-order valence-electron chi connectivity index (χ0n) is 11.2. The lowest BCUT2D eigenvalue weighted by Crippen LogP contribution is -2.07. The molecular weight excluding hydrogens is 286 g/mol. The Morgan fingerprint density at radius 3 is 2.19 bits per heavy atom. The molecule has 0 aliphatic carbocycles. The summed E-state index contributed by atoms with van der Waals surface area (Å²) >= 11 is 0. The van der Waals surface area contributed by atoms with Gasteiger partial charge in [0.2, 0.25) is 0 Å². The Kier molecular flexibility index (Phi) is 4.18. The summed E-state index contributed by atoms with van der Waals surface area (Å²) in [6.45, 7) is 0.208. The van der Waals surface area contributed by atoms with Crippen LogP contribution in [0.3, 0.4) is 0 Å². The highest BCUT2D eigenvalue weighted by Crippen LogP contribution is 2.34. The molecule has 0 heterocycles. The lowest BCUT2D eigenvalue weighted by molar-refractivity contribution is -0.139. The molecule has 0 saturated heterocycles. The number of ether oxygens (including phenoxy) is 1. The van der Waals surface area contributed by atoms with Crippen LogP contribution in [0.2, 0.25) is 0 Å². The van der Waals surface area contributed by atoms with Crippen molar-refractivity contribution < 1.29 is 22.3 Å². The fourth-order valence-corrected chi connectivity index (χ4v) is 2.04. The highest BCUT2D eigenvalue weighted by atomic mass is 19.4. The van der Waals surface area contributed by atoms with Crippen LogP contribution in [0.25, 0.3) is 11.1 Å². The summed E-state index contributed by atoms with van der Waals surface area (Å²) in [5, 5.41) is 0. The van der Waals surface area contributed by atoms with Crippen LogP contribution in [0.5, 0.6) is 5.75 Å². The maximum Gasteiger partial charge on any atom is 0.419 e. The van der Waals surface area contributed by atoms with E-state index in [4.69, 9.17) is 10.5 Å². The molecule has 6 heteroatoms. The van der Waals surface area contributed by atoms with Gasteiger partial charge in [-0.2, -0.15) is 13.2 Å². The van der Waals surface area contributed by atoms with Crippen LogP contribution in [0, 0.1) is 5.82 Å². The van der Waals surface area contributed by atoms with E-state index in [1.165, 1.54) is 13.2 Å². The molecule has 0 bridgehead atoms. The predicted octanol–water partition coefficient (Wildman–Crippen LogP) is 3.98. The summed E-state index contributed by atoms with van der Waals surface area (Å²) in [4.78, 5) is 0. The molecule has 2 rings (SSSR count). The van der Waals surface area contributed by atoms with E-state index in [1.807, 2.05) is 0 Å². The van der Waals surface area contributed by atoms with Gasteiger partial charge in [-0.05, 0) is 35.4 Å². The molecule has 2 nitrogen and oxygen atoms in total. The van der Waals surface area contributed by atoms with Gasteiger partial charge in [0.05, 0.1) is 12.7 Å². The van der Waals surface area contributed by atoms with Crippen molar-refractivity contribution in [3.8, 4) is 16.9 Å². The molecule has 2 N–H and O–H groups in total. The monoisotopic (exact) mass is 299 g/mol. The maximum absolute atomic E-state index is 13.6. The van der Waals surface area contributed by atoms with Crippen molar-refractivity contribution >= 4 is 0 Å². The smallest absolute Gasteiger partial charge is 0.419 e. The fourth-order valence-electron chi connectivity index (χ4n) is 2.04. The first-order valence-electron chi connectivity index (χ1n) is 6.11. The van der Waals surface area contributed by atoms with Crippen LogP contribution in [-0.4, -0.2) is 7.11 Å².